The minimum absolute atomic E-state index is 0.128. The smallest absolute Gasteiger partial charge is 0.321 e. The summed E-state index contributed by atoms with van der Waals surface area (Å²) in [5.41, 5.74) is 5.91. The summed E-state index contributed by atoms with van der Waals surface area (Å²) in [6.45, 7) is 7.41. The summed E-state index contributed by atoms with van der Waals surface area (Å²) in [7, 11) is 0. The van der Waals surface area contributed by atoms with E-state index >= 15 is 0 Å². The van der Waals surface area contributed by atoms with Crippen LogP contribution in [0.1, 0.15) is 58.1 Å². The van der Waals surface area contributed by atoms with Gasteiger partial charge in [0.15, 0.2) is 0 Å². The molecular formula is C19H35N7O3. The van der Waals surface area contributed by atoms with Gasteiger partial charge in [0, 0.05) is 36.9 Å². The van der Waals surface area contributed by atoms with Crippen molar-refractivity contribution in [1.29, 1.82) is 0 Å². The summed E-state index contributed by atoms with van der Waals surface area (Å²) in [6.07, 6.45) is 5.31. The zero-order valence-electron chi connectivity index (χ0n) is 17.7. The number of hydrogen-bond acceptors (Lipinski definition) is 5. The Hall–Kier alpha value is -2.62. The number of hydrogen-bond donors (Lipinski definition) is 6. The van der Waals surface area contributed by atoms with Crippen LogP contribution in [0.2, 0.25) is 0 Å². The van der Waals surface area contributed by atoms with Crippen molar-refractivity contribution < 1.29 is 9.59 Å². The summed E-state index contributed by atoms with van der Waals surface area (Å²) < 4.78 is 0. The van der Waals surface area contributed by atoms with Crippen molar-refractivity contribution in [3.05, 3.63) is 22.1 Å². The lowest BCUT2D eigenvalue weighted by atomic mass is 10.0. The van der Waals surface area contributed by atoms with Crippen LogP contribution in [-0.4, -0.2) is 47.2 Å². The molecule has 0 unspecified atom stereocenters. The number of aromatic nitrogens is 2. The highest BCUT2D eigenvalue weighted by atomic mass is 16.2. The van der Waals surface area contributed by atoms with Gasteiger partial charge < -0.3 is 26.7 Å². The molecule has 1 heterocycles. The van der Waals surface area contributed by atoms with Crippen LogP contribution in [0.4, 0.5) is 15.5 Å². The normalized spacial score (nSPS) is 11.0. The summed E-state index contributed by atoms with van der Waals surface area (Å²) >= 11 is 0. The number of aryl methyl sites for hydroxylation is 1. The van der Waals surface area contributed by atoms with Gasteiger partial charge >= 0.3 is 12.1 Å². The summed E-state index contributed by atoms with van der Waals surface area (Å²) in [5.74, 6) is 0.128. The van der Waals surface area contributed by atoms with Gasteiger partial charge in [-0.15, -0.1) is 0 Å². The predicted molar refractivity (Wildman–Crippen MR) is 114 cm³/mol. The number of nitrogens with two attached hydrogens (primary N) is 1. The molecule has 1 aromatic heterocycles. The van der Waals surface area contributed by atoms with E-state index in [1.54, 1.807) is 6.92 Å². The van der Waals surface area contributed by atoms with Crippen LogP contribution in [0, 0.1) is 6.92 Å². The fourth-order valence-corrected chi connectivity index (χ4v) is 2.61. The molecule has 0 saturated heterocycles. The Morgan fingerprint density at radius 2 is 1.55 bits per heavy atom. The first-order chi connectivity index (χ1) is 13.7. The summed E-state index contributed by atoms with van der Waals surface area (Å²) in [5, 5.41) is 10.9. The average Bonchev–Trinajstić information content (AvgIpc) is 2.59. The first kappa shape index (κ1) is 24.4. The number of amides is 4. The first-order valence-electron chi connectivity index (χ1n) is 10.1. The highest BCUT2D eigenvalue weighted by Gasteiger charge is 2.09. The van der Waals surface area contributed by atoms with Crippen LogP contribution < -0.4 is 32.6 Å². The van der Waals surface area contributed by atoms with Crippen LogP contribution in [0.15, 0.2) is 10.9 Å². The lowest BCUT2D eigenvalue weighted by Gasteiger charge is -2.18. The van der Waals surface area contributed by atoms with Crippen molar-refractivity contribution in [1.82, 2.24) is 25.9 Å². The van der Waals surface area contributed by atoms with E-state index in [0.29, 0.717) is 25.3 Å². The molecule has 0 saturated carbocycles. The molecule has 10 heteroatoms. The maximum absolute atomic E-state index is 11.8. The number of carbonyl (C=O) groups is 2. The first-order valence-corrected chi connectivity index (χ1v) is 10.1. The van der Waals surface area contributed by atoms with E-state index in [1.165, 1.54) is 6.07 Å². The molecule has 4 amide bonds. The monoisotopic (exact) mass is 409 g/mol. The maximum atomic E-state index is 11.8. The quantitative estimate of drug-likeness (QED) is 0.289. The van der Waals surface area contributed by atoms with Crippen LogP contribution in [0.5, 0.6) is 0 Å². The second kappa shape index (κ2) is 12.8. The topological polar surface area (TPSA) is 154 Å². The number of nitrogens with one attached hydrogen (secondary N) is 5. The molecule has 10 nitrogen and oxygen atoms in total. The third kappa shape index (κ3) is 13.2. The zero-order valence-corrected chi connectivity index (χ0v) is 17.7. The van der Waals surface area contributed by atoms with Gasteiger partial charge in [-0.25, -0.2) is 9.59 Å². The van der Waals surface area contributed by atoms with Gasteiger partial charge in [-0.05, 0) is 46.5 Å². The Kier molecular flexibility index (Phi) is 10.7. The fraction of sp³-hybridized carbons (Fsp3) is 0.684. The summed E-state index contributed by atoms with van der Waals surface area (Å²) in [6, 6.07) is 0.792. The fourth-order valence-electron chi connectivity index (χ4n) is 2.61. The number of anilines is 1. The largest absolute Gasteiger partial charge is 0.338 e. The van der Waals surface area contributed by atoms with E-state index in [0.717, 1.165) is 38.5 Å². The number of nitrogens with zero attached hydrogens (tertiary/aromatic N) is 1. The Balaban J connectivity index is 1.98. The van der Waals surface area contributed by atoms with E-state index in [9.17, 15) is 14.4 Å². The van der Waals surface area contributed by atoms with E-state index < -0.39 is 11.6 Å². The van der Waals surface area contributed by atoms with Crippen LogP contribution >= 0.6 is 0 Å². The van der Waals surface area contributed by atoms with E-state index in [4.69, 9.17) is 5.73 Å². The molecular weight excluding hydrogens is 374 g/mol. The lowest BCUT2D eigenvalue weighted by molar-refractivity contribution is 0.240. The molecule has 1 rings (SSSR count). The average molecular weight is 410 g/mol. The number of rotatable bonds is 12. The van der Waals surface area contributed by atoms with Crippen molar-refractivity contribution in [2.24, 2.45) is 5.73 Å². The lowest BCUT2D eigenvalue weighted by Crippen LogP contribution is -2.38. The second-order valence-electron chi connectivity index (χ2n) is 7.82. The van der Waals surface area contributed by atoms with Crippen molar-refractivity contribution in [3.63, 3.8) is 0 Å². The van der Waals surface area contributed by atoms with Crippen molar-refractivity contribution in [2.45, 2.75) is 64.8 Å². The number of carbonyl (C=O) groups excluding carboxylic acids is 2. The standard InChI is InChI=1S/C19H35N7O3/c1-14-13-15(27)25-16(24-14)26-18(29)23-11-7-5-4-6-10-21-17(28)22-12-8-9-19(2,3)20/h13H,4-12,20H2,1-3H3,(H2,21,22,28)(H3,23,24,25,26,27,29). The molecule has 0 bridgehead atoms. The Labute approximate surface area is 171 Å². The number of H-pyrrole nitrogens is 1. The van der Waals surface area contributed by atoms with Gasteiger partial charge in [0.1, 0.15) is 0 Å². The number of aromatic amines is 1. The van der Waals surface area contributed by atoms with E-state index in [1.807, 2.05) is 13.8 Å². The van der Waals surface area contributed by atoms with Gasteiger partial charge in [-0.1, -0.05) is 12.8 Å². The number of urea groups is 2. The Morgan fingerprint density at radius 1 is 1.00 bits per heavy atom. The van der Waals surface area contributed by atoms with Crippen molar-refractivity contribution >= 4 is 18.0 Å². The molecule has 7 N–H and O–H groups in total. The highest BCUT2D eigenvalue weighted by Crippen LogP contribution is 2.05. The molecule has 0 aliphatic heterocycles. The maximum Gasteiger partial charge on any atom is 0.321 e. The minimum Gasteiger partial charge on any atom is -0.338 e. The Morgan fingerprint density at radius 3 is 2.10 bits per heavy atom. The molecule has 0 aromatic carbocycles. The van der Waals surface area contributed by atoms with Crippen molar-refractivity contribution in [3.8, 4) is 0 Å². The second-order valence-corrected chi connectivity index (χ2v) is 7.82. The molecule has 0 atom stereocenters. The molecule has 164 valence electrons. The van der Waals surface area contributed by atoms with E-state index in [2.05, 4.69) is 31.2 Å². The van der Waals surface area contributed by atoms with Gasteiger partial charge in [0.05, 0.1) is 0 Å². The van der Waals surface area contributed by atoms with Gasteiger partial charge in [0.25, 0.3) is 5.56 Å². The molecule has 29 heavy (non-hydrogen) atoms. The van der Waals surface area contributed by atoms with Crippen LogP contribution in [0.3, 0.4) is 0 Å². The van der Waals surface area contributed by atoms with E-state index in [-0.39, 0.29) is 17.5 Å². The van der Waals surface area contributed by atoms with Crippen LogP contribution in [-0.2, 0) is 0 Å². The molecule has 0 radical (unpaired) electrons. The van der Waals surface area contributed by atoms with Crippen molar-refractivity contribution in [2.75, 3.05) is 25.0 Å². The Bertz CT molecular complexity index is 698. The van der Waals surface area contributed by atoms with Gasteiger partial charge in [-0.2, -0.15) is 4.98 Å². The third-order valence-electron chi connectivity index (χ3n) is 4.07. The molecule has 0 spiro atoms. The third-order valence-corrected chi connectivity index (χ3v) is 4.07. The summed E-state index contributed by atoms with van der Waals surface area (Å²) in [4.78, 5) is 41.2. The molecule has 0 fully saturated rings. The molecule has 1 aromatic rings. The predicted octanol–water partition coefficient (Wildman–Crippen LogP) is 1.58. The number of unbranched alkanes of at least 4 members (excludes halogenated alkanes) is 3. The van der Waals surface area contributed by atoms with Gasteiger partial charge in [0.2, 0.25) is 5.95 Å². The zero-order chi connectivity index (χ0) is 21.7. The van der Waals surface area contributed by atoms with Gasteiger partial charge in [-0.3, -0.25) is 10.1 Å². The SMILES string of the molecule is Cc1cc(=O)nc(NC(=O)NCCCCCCNC(=O)NCCCC(C)(C)N)[nH]1. The highest BCUT2D eigenvalue weighted by molar-refractivity contribution is 5.87. The molecule has 0 aliphatic rings. The van der Waals surface area contributed by atoms with Crippen LogP contribution in [0.25, 0.3) is 0 Å². The molecule has 0 aliphatic carbocycles. The minimum atomic E-state index is -0.407.